The second-order valence-corrected chi connectivity index (χ2v) is 11.3. The summed E-state index contributed by atoms with van der Waals surface area (Å²) in [5, 5.41) is 3.69. The molecule has 3 aromatic carbocycles. The minimum absolute atomic E-state index is 0.249. The lowest BCUT2D eigenvalue weighted by Gasteiger charge is -2.25. The maximum atomic E-state index is 13.9. The lowest BCUT2D eigenvalue weighted by molar-refractivity contribution is -0.113. The predicted molar refractivity (Wildman–Crippen MR) is 161 cm³/mol. The first kappa shape index (κ1) is 26.6. The summed E-state index contributed by atoms with van der Waals surface area (Å²) in [6.07, 6.45) is 1.73. The number of ether oxygens (including phenoxy) is 1. The van der Waals surface area contributed by atoms with Gasteiger partial charge in [0.15, 0.2) is 9.89 Å². The van der Waals surface area contributed by atoms with Crippen molar-refractivity contribution in [2.45, 2.75) is 23.0 Å². The summed E-state index contributed by atoms with van der Waals surface area (Å²) in [6.45, 7) is 1.80. The molecule has 0 saturated carbocycles. The van der Waals surface area contributed by atoms with Crippen LogP contribution in [0.2, 0.25) is 0 Å². The molecule has 0 spiro atoms. The number of para-hydroxylation sites is 1. The van der Waals surface area contributed by atoms with Gasteiger partial charge in [-0.25, -0.2) is 4.99 Å². The Kier molecular flexibility index (Phi) is 7.45. The van der Waals surface area contributed by atoms with Gasteiger partial charge in [-0.1, -0.05) is 71.6 Å². The topological polar surface area (TPSA) is 85.8 Å². The van der Waals surface area contributed by atoms with Crippen molar-refractivity contribution >= 4 is 40.8 Å². The van der Waals surface area contributed by atoms with Crippen molar-refractivity contribution in [2.75, 3.05) is 12.4 Å². The molecule has 1 aliphatic heterocycles. The van der Waals surface area contributed by atoms with Crippen LogP contribution in [0, 0.1) is 0 Å². The summed E-state index contributed by atoms with van der Waals surface area (Å²) in [4.78, 5) is 33.9. The number of nitrogens with one attached hydrogen (secondary N) is 1. The van der Waals surface area contributed by atoms with Crippen LogP contribution in [0.15, 0.2) is 133 Å². The summed E-state index contributed by atoms with van der Waals surface area (Å²) in [5.41, 5.74) is 2.13. The molecule has 0 fully saturated rings. The summed E-state index contributed by atoms with van der Waals surface area (Å²) in [7, 11) is 1.60. The summed E-state index contributed by atoms with van der Waals surface area (Å²) in [6, 6.07) is 29.6. The Morgan fingerprint density at radius 1 is 1.00 bits per heavy atom. The van der Waals surface area contributed by atoms with Gasteiger partial charge in [-0.3, -0.25) is 14.2 Å². The number of furan rings is 1. The molecule has 41 heavy (non-hydrogen) atoms. The van der Waals surface area contributed by atoms with Crippen molar-refractivity contribution in [3.05, 3.63) is 139 Å². The molecule has 0 saturated heterocycles. The van der Waals surface area contributed by atoms with Crippen molar-refractivity contribution in [2.24, 2.45) is 4.99 Å². The standard InChI is InChI=1S/C32H25N3O4S2/c1-20-28(30(36)34-22-9-5-3-6-10-22)29(21-13-15-23(38-2)16-14-21)35-31(37)26(41-32(35)33-20)19-24-17-18-27(39-24)40-25-11-7-4-8-12-25/h3-19,29H,1-2H3,(H,34,36)/b26-19+/t29-/m1/s1. The number of carbonyl (C=O) groups is 1. The zero-order valence-corrected chi connectivity index (χ0v) is 23.9. The monoisotopic (exact) mass is 579 g/mol. The van der Waals surface area contributed by atoms with E-state index >= 15 is 0 Å². The molecule has 204 valence electrons. The van der Waals surface area contributed by atoms with Gasteiger partial charge < -0.3 is 14.5 Å². The third-order valence-electron chi connectivity index (χ3n) is 6.57. The number of carbonyl (C=O) groups excluding carboxylic acids is 1. The molecular formula is C32H25N3O4S2. The van der Waals surface area contributed by atoms with Crippen molar-refractivity contribution in [3.8, 4) is 5.75 Å². The fourth-order valence-corrected chi connectivity index (χ4v) is 6.46. The van der Waals surface area contributed by atoms with E-state index in [-0.39, 0.29) is 11.5 Å². The van der Waals surface area contributed by atoms with Crippen LogP contribution in [0.5, 0.6) is 5.75 Å². The summed E-state index contributed by atoms with van der Waals surface area (Å²) in [5.74, 6) is 0.924. The Balaban J connectivity index is 1.42. The molecule has 0 bridgehead atoms. The molecule has 1 atom stereocenters. The van der Waals surface area contributed by atoms with Crippen molar-refractivity contribution < 1.29 is 13.9 Å². The molecule has 2 aromatic heterocycles. The van der Waals surface area contributed by atoms with Gasteiger partial charge in [0, 0.05) is 16.7 Å². The summed E-state index contributed by atoms with van der Waals surface area (Å²) < 4.78 is 13.4. The Bertz CT molecular complexity index is 1920. The van der Waals surface area contributed by atoms with Gasteiger partial charge in [-0.15, -0.1) is 0 Å². The first-order valence-electron chi connectivity index (χ1n) is 12.9. The normalized spacial score (nSPS) is 14.9. The van der Waals surface area contributed by atoms with Crippen LogP contribution in [-0.4, -0.2) is 17.6 Å². The van der Waals surface area contributed by atoms with Gasteiger partial charge in [0.1, 0.15) is 11.5 Å². The maximum Gasteiger partial charge on any atom is 0.271 e. The molecule has 7 nitrogen and oxygen atoms in total. The number of hydrogen-bond donors (Lipinski definition) is 1. The molecule has 0 unspecified atom stereocenters. The van der Waals surface area contributed by atoms with E-state index in [1.54, 1.807) is 24.7 Å². The van der Waals surface area contributed by atoms with Gasteiger partial charge in [-0.2, -0.15) is 0 Å². The SMILES string of the molecule is COc1ccc([C@@H]2C(C(=O)Nc3ccccc3)=C(C)N=c3s/c(=C/c4ccc(Sc5ccccc5)o4)c(=O)n32)cc1. The van der Waals surface area contributed by atoms with E-state index in [1.807, 2.05) is 97.1 Å². The van der Waals surface area contributed by atoms with Gasteiger partial charge in [0.05, 0.1) is 29.0 Å². The molecular weight excluding hydrogens is 555 g/mol. The molecule has 9 heteroatoms. The fourth-order valence-electron chi connectivity index (χ4n) is 4.63. The molecule has 1 amide bonds. The maximum absolute atomic E-state index is 13.9. The zero-order valence-electron chi connectivity index (χ0n) is 22.2. The fraction of sp³-hybridized carbons (Fsp3) is 0.0938. The van der Waals surface area contributed by atoms with Crippen LogP contribution in [0.4, 0.5) is 5.69 Å². The molecule has 6 rings (SSSR count). The number of fused-ring (bicyclic) bond motifs is 1. The van der Waals surface area contributed by atoms with Crippen LogP contribution in [0.1, 0.15) is 24.3 Å². The highest BCUT2D eigenvalue weighted by molar-refractivity contribution is 7.99. The lowest BCUT2D eigenvalue weighted by atomic mass is 9.95. The van der Waals surface area contributed by atoms with E-state index in [9.17, 15) is 9.59 Å². The van der Waals surface area contributed by atoms with Gasteiger partial charge >= 0.3 is 0 Å². The Labute approximate surface area is 244 Å². The number of hydrogen-bond acceptors (Lipinski definition) is 7. The van der Waals surface area contributed by atoms with Crippen LogP contribution in [0.25, 0.3) is 6.08 Å². The number of anilines is 1. The van der Waals surface area contributed by atoms with Crippen LogP contribution in [0.3, 0.4) is 0 Å². The van der Waals surface area contributed by atoms with E-state index in [1.165, 1.54) is 23.1 Å². The minimum atomic E-state index is -0.677. The van der Waals surface area contributed by atoms with Crippen molar-refractivity contribution in [1.82, 2.24) is 4.57 Å². The van der Waals surface area contributed by atoms with E-state index < -0.39 is 6.04 Å². The molecule has 5 aromatic rings. The highest BCUT2D eigenvalue weighted by Crippen LogP contribution is 2.32. The Hall–Kier alpha value is -4.60. The predicted octanol–water partition coefficient (Wildman–Crippen LogP) is 5.63. The highest BCUT2D eigenvalue weighted by atomic mass is 32.2. The van der Waals surface area contributed by atoms with E-state index in [0.717, 1.165) is 15.6 Å². The molecule has 3 heterocycles. The molecule has 1 N–H and O–H groups in total. The minimum Gasteiger partial charge on any atom is -0.497 e. The first-order valence-corrected chi connectivity index (χ1v) is 14.5. The Morgan fingerprint density at radius 2 is 1.71 bits per heavy atom. The number of thiazole rings is 1. The lowest BCUT2D eigenvalue weighted by Crippen LogP contribution is -2.40. The highest BCUT2D eigenvalue weighted by Gasteiger charge is 2.32. The van der Waals surface area contributed by atoms with Crippen molar-refractivity contribution in [1.29, 1.82) is 0 Å². The average Bonchev–Trinajstić information content (AvgIpc) is 3.56. The van der Waals surface area contributed by atoms with E-state index in [2.05, 4.69) is 5.32 Å². The van der Waals surface area contributed by atoms with Crippen LogP contribution >= 0.6 is 23.1 Å². The van der Waals surface area contributed by atoms with Crippen LogP contribution in [-0.2, 0) is 4.79 Å². The van der Waals surface area contributed by atoms with E-state index in [0.29, 0.717) is 37.8 Å². The van der Waals surface area contributed by atoms with Gasteiger partial charge in [-0.05, 0) is 61.0 Å². The largest absolute Gasteiger partial charge is 0.497 e. The van der Waals surface area contributed by atoms with Crippen molar-refractivity contribution in [3.63, 3.8) is 0 Å². The second kappa shape index (κ2) is 11.5. The molecule has 1 aliphatic rings. The van der Waals surface area contributed by atoms with Crippen LogP contribution < -0.4 is 24.9 Å². The number of benzene rings is 3. The molecule has 0 aliphatic carbocycles. The number of methoxy groups -OCH3 is 1. The number of rotatable bonds is 7. The number of nitrogens with zero attached hydrogens (tertiary/aromatic N) is 2. The zero-order chi connectivity index (χ0) is 28.3. The number of amides is 1. The first-order chi connectivity index (χ1) is 20.0. The summed E-state index contributed by atoms with van der Waals surface area (Å²) >= 11 is 2.78. The number of allylic oxidation sites excluding steroid dienone is 1. The molecule has 0 radical (unpaired) electrons. The third-order valence-corrected chi connectivity index (χ3v) is 8.48. The van der Waals surface area contributed by atoms with Gasteiger partial charge in [0.2, 0.25) is 0 Å². The quantitative estimate of drug-likeness (QED) is 0.270. The average molecular weight is 580 g/mol. The van der Waals surface area contributed by atoms with E-state index in [4.69, 9.17) is 14.1 Å². The number of aromatic nitrogens is 1. The third kappa shape index (κ3) is 5.54. The smallest absolute Gasteiger partial charge is 0.271 e. The Morgan fingerprint density at radius 3 is 2.41 bits per heavy atom. The van der Waals surface area contributed by atoms with Gasteiger partial charge in [0.25, 0.3) is 11.5 Å². The second-order valence-electron chi connectivity index (χ2n) is 9.25.